The van der Waals surface area contributed by atoms with Crippen molar-refractivity contribution in [1.29, 1.82) is 0 Å². The Labute approximate surface area is 153 Å². The normalized spacial score (nSPS) is 10.5. The Kier molecular flexibility index (Phi) is 5.32. The summed E-state index contributed by atoms with van der Waals surface area (Å²) in [6.45, 7) is 5.40. The van der Waals surface area contributed by atoms with E-state index in [2.05, 4.69) is 23.3 Å². The summed E-state index contributed by atoms with van der Waals surface area (Å²) in [5.41, 5.74) is 4.40. The van der Waals surface area contributed by atoms with E-state index in [1.807, 2.05) is 55.6 Å². The molecule has 0 spiro atoms. The quantitative estimate of drug-likeness (QED) is 0.494. The van der Waals surface area contributed by atoms with Crippen LogP contribution < -0.4 is 0 Å². The number of carbonyl (C=O) groups is 1. The third-order valence-corrected chi connectivity index (χ3v) is 4.23. The predicted molar refractivity (Wildman–Crippen MR) is 103 cm³/mol. The molecule has 0 radical (unpaired) electrons. The summed E-state index contributed by atoms with van der Waals surface area (Å²) >= 11 is 0. The Morgan fingerprint density at radius 2 is 1.69 bits per heavy atom. The van der Waals surface area contributed by atoms with E-state index in [9.17, 15) is 4.79 Å². The van der Waals surface area contributed by atoms with Gasteiger partial charge in [0.25, 0.3) is 0 Å². The maximum atomic E-state index is 11.8. The Balaban J connectivity index is 1.97. The molecule has 1 heterocycles. The first-order valence-corrected chi connectivity index (χ1v) is 8.52. The molecule has 0 saturated carbocycles. The summed E-state index contributed by atoms with van der Waals surface area (Å²) in [7, 11) is 2.00. The van der Waals surface area contributed by atoms with E-state index in [-0.39, 0.29) is 6.61 Å². The first kappa shape index (κ1) is 17.7. The molecule has 132 valence electrons. The van der Waals surface area contributed by atoms with Crippen LogP contribution in [0.25, 0.3) is 11.4 Å². The first-order chi connectivity index (χ1) is 12.6. The third kappa shape index (κ3) is 3.91. The minimum atomic E-state index is -0.400. The molecule has 1 aromatic heterocycles. The van der Waals surface area contributed by atoms with Crippen LogP contribution in [0, 0.1) is 0 Å². The Morgan fingerprint density at radius 1 is 1.08 bits per heavy atom. The predicted octanol–water partition coefficient (Wildman–Crippen LogP) is 4.30. The molecule has 4 heteroatoms. The molecule has 4 nitrogen and oxygen atoms in total. The summed E-state index contributed by atoms with van der Waals surface area (Å²) in [6.07, 6.45) is 0.719. The number of hydrogen-bond acceptors (Lipinski definition) is 3. The van der Waals surface area contributed by atoms with Crippen molar-refractivity contribution < 1.29 is 9.53 Å². The number of rotatable bonds is 6. The molecule has 0 aliphatic heterocycles. The lowest BCUT2D eigenvalue weighted by molar-refractivity contribution is -0.140. The van der Waals surface area contributed by atoms with E-state index >= 15 is 0 Å². The number of ether oxygens (including phenoxy) is 1. The van der Waals surface area contributed by atoms with Gasteiger partial charge < -0.3 is 9.30 Å². The summed E-state index contributed by atoms with van der Waals surface area (Å²) in [5, 5.41) is 0. The number of hydrogen-bond donors (Lipinski definition) is 0. The minimum absolute atomic E-state index is 0.133. The minimum Gasteiger partial charge on any atom is -0.456 e. The van der Waals surface area contributed by atoms with Crippen LogP contribution in [0.4, 0.5) is 0 Å². The molecule has 26 heavy (non-hydrogen) atoms. The van der Waals surface area contributed by atoms with Crippen LogP contribution in [-0.2, 0) is 29.6 Å². The van der Waals surface area contributed by atoms with Crippen molar-refractivity contribution in [3.8, 4) is 11.4 Å². The number of aromatic nitrogens is 2. The van der Waals surface area contributed by atoms with Crippen molar-refractivity contribution in [3.63, 3.8) is 0 Å². The van der Waals surface area contributed by atoms with Gasteiger partial charge in [-0.05, 0) is 12.5 Å². The summed E-state index contributed by atoms with van der Waals surface area (Å²) < 4.78 is 7.43. The first-order valence-electron chi connectivity index (χ1n) is 8.52. The molecular formula is C22H22N2O2. The second-order valence-corrected chi connectivity index (χ2v) is 6.27. The highest BCUT2D eigenvalue weighted by Crippen LogP contribution is 2.24. The summed E-state index contributed by atoms with van der Waals surface area (Å²) in [6, 6.07) is 20.2. The maximum absolute atomic E-state index is 11.8. The zero-order valence-electron chi connectivity index (χ0n) is 15.1. The molecular weight excluding hydrogens is 324 g/mol. The Morgan fingerprint density at radius 3 is 2.31 bits per heavy atom. The molecule has 0 fully saturated rings. The summed E-state index contributed by atoms with van der Waals surface area (Å²) in [5.74, 6) is 0.459. The van der Waals surface area contributed by atoms with Crippen molar-refractivity contribution in [2.24, 2.45) is 7.05 Å². The highest BCUT2D eigenvalue weighted by molar-refractivity contribution is 5.86. The lowest BCUT2D eigenvalue weighted by atomic mass is 10.1. The average molecular weight is 346 g/mol. The zero-order chi connectivity index (χ0) is 18.5. The van der Waals surface area contributed by atoms with Gasteiger partial charge in [0.1, 0.15) is 18.1 Å². The molecule has 0 bridgehead atoms. The SMILES string of the molecule is C=C(C)C(=O)OCc1nc(-c2ccccc2)n(C)c1Cc1ccccc1. The van der Waals surface area contributed by atoms with Crippen LogP contribution >= 0.6 is 0 Å². The molecule has 0 atom stereocenters. The fourth-order valence-electron chi connectivity index (χ4n) is 2.82. The smallest absolute Gasteiger partial charge is 0.333 e. The largest absolute Gasteiger partial charge is 0.456 e. The van der Waals surface area contributed by atoms with Crippen LogP contribution in [0.1, 0.15) is 23.9 Å². The van der Waals surface area contributed by atoms with Gasteiger partial charge in [-0.2, -0.15) is 0 Å². The molecule has 3 rings (SSSR count). The van der Waals surface area contributed by atoms with Gasteiger partial charge in [-0.3, -0.25) is 0 Å². The molecule has 0 N–H and O–H groups in total. The summed E-state index contributed by atoms with van der Waals surface area (Å²) in [4.78, 5) is 16.6. The monoisotopic (exact) mass is 346 g/mol. The fraction of sp³-hybridized carbons (Fsp3) is 0.182. The van der Waals surface area contributed by atoms with Gasteiger partial charge >= 0.3 is 5.97 Å². The highest BCUT2D eigenvalue weighted by Gasteiger charge is 2.18. The lowest BCUT2D eigenvalue weighted by Crippen LogP contribution is -2.08. The van der Waals surface area contributed by atoms with Crippen molar-refractivity contribution in [1.82, 2.24) is 9.55 Å². The molecule has 3 aromatic rings. The van der Waals surface area contributed by atoms with Gasteiger partial charge in [-0.25, -0.2) is 9.78 Å². The van der Waals surface area contributed by atoms with Crippen LogP contribution in [0.2, 0.25) is 0 Å². The van der Waals surface area contributed by atoms with Gasteiger partial charge in [-0.15, -0.1) is 0 Å². The van der Waals surface area contributed by atoms with E-state index < -0.39 is 5.97 Å². The number of imidazole rings is 1. The number of nitrogens with zero attached hydrogens (tertiary/aromatic N) is 2. The molecule has 0 saturated heterocycles. The van der Waals surface area contributed by atoms with Crippen molar-refractivity contribution in [2.45, 2.75) is 20.0 Å². The average Bonchev–Trinajstić information content (AvgIpc) is 2.97. The third-order valence-electron chi connectivity index (χ3n) is 4.23. The van der Waals surface area contributed by atoms with Crippen LogP contribution in [0.5, 0.6) is 0 Å². The second-order valence-electron chi connectivity index (χ2n) is 6.27. The van der Waals surface area contributed by atoms with Gasteiger partial charge in [0.05, 0.1) is 0 Å². The number of esters is 1. The standard InChI is InChI=1S/C22H22N2O2/c1-16(2)22(25)26-15-19-20(14-17-10-6-4-7-11-17)24(3)21(23-19)18-12-8-5-9-13-18/h4-13H,1,14-15H2,2-3H3. The Hall–Kier alpha value is -3.14. The molecule has 0 amide bonds. The van der Waals surface area contributed by atoms with Gasteiger partial charge in [-0.1, -0.05) is 67.2 Å². The highest BCUT2D eigenvalue weighted by atomic mass is 16.5. The second kappa shape index (κ2) is 7.83. The van der Waals surface area contributed by atoms with Gasteiger partial charge in [0, 0.05) is 30.3 Å². The molecule has 0 aliphatic rings. The van der Waals surface area contributed by atoms with Crippen molar-refractivity contribution in [3.05, 3.63) is 89.8 Å². The van der Waals surface area contributed by atoms with Crippen molar-refractivity contribution >= 4 is 5.97 Å². The fourth-order valence-corrected chi connectivity index (χ4v) is 2.82. The maximum Gasteiger partial charge on any atom is 0.333 e. The molecule has 0 aliphatic carbocycles. The number of carbonyl (C=O) groups excluding carboxylic acids is 1. The van der Waals surface area contributed by atoms with E-state index in [1.54, 1.807) is 6.92 Å². The topological polar surface area (TPSA) is 44.1 Å². The number of benzene rings is 2. The molecule has 0 unspecified atom stereocenters. The van der Waals surface area contributed by atoms with E-state index in [1.165, 1.54) is 5.56 Å². The molecule has 2 aromatic carbocycles. The van der Waals surface area contributed by atoms with E-state index in [0.717, 1.165) is 29.2 Å². The lowest BCUT2D eigenvalue weighted by Gasteiger charge is -2.08. The van der Waals surface area contributed by atoms with E-state index in [0.29, 0.717) is 5.57 Å². The van der Waals surface area contributed by atoms with Gasteiger partial charge in [0.2, 0.25) is 0 Å². The zero-order valence-corrected chi connectivity index (χ0v) is 15.1. The van der Waals surface area contributed by atoms with Crippen LogP contribution in [0.3, 0.4) is 0 Å². The van der Waals surface area contributed by atoms with Crippen LogP contribution in [-0.4, -0.2) is 15.5 Å². The van der Waals surface area contributed by atoms with E-state index in [4.69, 9.17) is 9.72 Å². The Bertz CT molecular complexity index is 912. The van der Waals surface area contributed by atoms with Crippen LogP contribution in [0.15, 0.2) is 72.8 Å². The van der Waals surface area contributed by atoms with Crippen molar-refractivity contribution in [2.75, 3.05) is 0 Å². The van der Waals surface area contributed by atoms with Gasteiger partial charge in [0.15, 0.2) is 0 Å².